The summed E-state index contributed by atoms with van der Waals surface area (Å²) in [7, 11) is 6.14. The first-order chi connectivity index (χ1) is 8.58. The Hall–Kier alpha value is -1.89. The van der Waals surface area contributed by atoms with Crippen molar-refractivity contribution in [1.82, 2.24) is 25.1 Å². The second-order valence-electron chi connectivity index (χ2n) is 4.62. The van der Waals surface area contributed by atoms with E-state index in [4.69, 9.17) is 5.73 Å². The lowest BCUT2D eigenvalue weighted by Gasteiger charge is -2.20. The minimum Gasteiger partial charge on any atom is -0.368 e. The van der Waals surface area contributed by atoms with Gasteiger partial charge in [0.15, 0.2) is 5.65 Å². The molecule has 2 aromatic rings. The van der Waals surface area contributed by atoms with Crippen LogP contribution in [0.2, 0.25) is 0 Å². The molecule has 7 nitrogen and oxygen atoms in total. The first-order valence-corrected chi connectivity index (χ1v) is 5.90. The van der Waals surface area contributed by atoms with Gasteiger partial charge < -0.3 is 15.5 Å². The van der Waals surface area contributed by atoms with Gasteiger partial charge in [0.25, 0.3) is 0 Å². The number of nitrogens with two attached hydrogens (primary N) is 1. The van der Waals surface area contributed by atoms with Crippen molar-refractivity contribution in [3.05, 3.63) is 6.20 Å². The molecule has 0 aliphatic rings. The molecule has 0 amide bonds. The van der Waals surface area contributed by atoms with Crippen molar-refractivity contribution in [2.24, 2.45) is 0 Å². The lowest BCUT2D eigenvalue weighted by atomic mass is 10.3. The molecular weight excluding hydrogens is 230 g/mol. The molecule has 0 aliphatic heterocycles. The van der Waals surface area contributed by atoms with Crippen LogP contribution in [-0.2, 0) is 0 Å². The maximum absolute atomic E-state index is 5.69. The maximum Gasteiger partial charge on any atom is 0.224 e. The standard InChI is InChI=1S/C11H19N7/c1-17(2)5-4-6-18(3)10-8-7-13-16-9(8)14-11(12)15-10/h7H,4-6H2,1-3H3,(H3,12,13,14,15,16). The van der Waals surface area contributed by atoms with E-state index in [9.17, 15) is 0 Å². The van der Waals surface area contributed by atoms with Crippen LogP contribution in [0.1, 0.15) is 6.42 Å². The van der Waals surface area contributed by atoms with Crippen LogP contribution in [0, 0.1) is 0 Å². The van der Waals surface area contributed by atoms with E-state index in [1.54, 1.807) is 6.20 Å². The van der Waals surface area contributed by atoms with Crippen LogP contribution in [0.5, 0.6) is 0 Å². The van der Waals surface area contributed by atoms with Crippen LogP contribution < -0.4 is 10.6 Å². The first-order valence-electron chi connectivity index (χ1n) is 5.90. The normalized spacial score (nSPS) is 11.3. The van der Waals surface area contributed by atoms with Crippen molar-refractivity contribution in [3.8, 4) is 0 Å². The van der Waals surface area contributed by atoms with Gasteiger partial charge in [-0.2, -0.15) is 15.1 Å². The SMILES string of the molecule is CN(C)CCCN(C)c1nc(N)nc2[nH]ncc12. The topological polar surface area (TPSA) is 87.0 Å². The number of hydrogen-bond donors (Lipinski definition) is 2. The quantitative estimate of drug-likeness (QED) is 0.793. The molecule has 0 radical (unpaired) electrons. The fourth-order valence-corrected chi connectivity index (χ4v) is 1.86. The summed E-state index contributed by atoms with van der Waals surface area (Å²) >= 11 is 0. The third-order valence-electron chi connectivity index (χ3n) is 2.77. The fourth-order valence-electron chi connectivity index (χ4n) is 1.86. The Balaban J connectivity index is 2.16. The molecule has 7 heteroatoms. The monoisotopic (exact) mass is 249 g/mol. The second kappa shape index (κ2) is 5.18. The fraction of sp³-hybridized carbons (Fsp3) is 0.545. The van der Waals surface area contributed by atoms with Crippen LogP contribution in [0.25, 0.3) is 11.0 Å². The molecule has 0 unspecified atom stereocenters. The number of fused-ring (bicyclic) bond motifs is 1. The molecule has 98 valence electrons. The van der Waals surface area contributed by atoms with E-state index in [0.29, 0.717) is 5.65 Å². The average molecular weight is 249 g/mol. The highest BCUT2D eigenvalue weighted by Gasteiger charge is 2.11. The zero-order valence-electron chi connectivity index (χ0n) is 11.0. The van der Waals surface area contributed by atoms with E-state index in [1.165, 1.54) is 0 Å². The Morgan fingerprint density at radius 3 is 2.72 bits per heavy atom. The van der Waals surface area contributed by atoms with Crippen LogP contribution in [0.15, 0.2) is 6.20 Å². The minimum atomic E-state index is 0.265. The summed E-state index contributed by atoms with van der Waals surface area (Å²) in [6.45, 7) is 1.95. The Morgan fingerprint density at radius 1 is 1.22 bits per heavy atom. The summed E-state index contributed by atoms with van der Waals surface area (Å²) in [5, 5.41) is 7.69. The average Bonchev–Trinajstić information content (AvgIpc) is 2.74. The lowest BCUT2D eigenvalue weighted by Crippen LogP contribution is -2.24. The summed E-state index contributed by atoms with van der Waals surface area (Å²) in [6, 6.07) is 0. The third kappa shape index (κ3) is 2.67. The molecule has 0 spiro atoms. The van der Waals surface area contributed by atoms with E-state index in [0.717, 1.165) is 30.7 Å². The molecule has 18 heavy (non-hydrogen) atoms. The van der Waals surface area contributed by atoms with Crippen molar-refractivity contribution in [2.45, 2.75) is 6.42 Å². The van der Waals surface area contributed by atoms with E-state index in [-0.39, 0.29) is 5.95 Å². The molecule has 3 N–H and O–H groups in total. The number of nitrogens with zero attached hydrogens (tertiary/aromatic N) is 5. The van der Waals surface area contributed by atoms with Gasteiger partial charge in [-0.3, -0.25) is 5.10 Å². The third-order valence-corrected chi connectivity index (χ3v) is 2.77. The predicted molar refractivity (Wildman–Crippen MR) is 72.5 cm³/mol. The van der Waals surface area contributed by atoms with Crippen molar-refractivity contribution in [1.29, 1.82) is 0 Å². The van der Waals surface area contributed by atoms with Crippen molar-refractivity contribution < 1.29 is 0 Å². The van der Waals surface area contributed by atoms with Crippen molar-refractivity contribution >= 4 is 22.8 Å². The summed E-state index contributed by atoms with van der Waals surface area (Å²) < 4.78 is 0. The molecule has 0 aliphatic carbocycles. The number of anilines is 2. The van der Waals surface area contributed by atoms with E-state index in [2.05, 4.69) is 44.1 Å². The molecule has 0 saturated carbocycles. The zero-order valence-corrected chi connectivity index (χ0v) is 11.0. The summed E-state index contributed by atoms with van der Waals surface area (Å²) in [5.41, 5.74) is 6.37. The molecule has 0 aromatic carbocycles. The second-order valence-corrected chi connectivity index (χ2v) is 4.62. The Labute approximate surface area is 106 Å². The molecule has 0 saturated heterocycles. The highest BCUT2D eigenvalue weighted by molar-refractivity contribution is 5.87. The van der Waals surface area contributed by atoms with Gasteiger partial charge in [0.05, 0.1) is 11.6 Å². The van der Waals surface area contributed by atoms with Gasteiger partial charge in [-0.05, 0) is 27.1 Å². The van der Waals surface area contributed by atoms with Gasteiger partial charge in [0.2, 0.25) is 5.95 Å². The van der Waals surface area contributed by atoms with E-state index in [1.807, 2.05) is 7.05 Å². The number of rotatable bonds is 5. The van der Waals surface area contributed by atoms with Crippen molar-refractivity contribution in [2.75, 3.05) is 44.9 Å². The van der Waals surface area contributed by atoms with Crippen molar-refractivity contribution in [3.63, 3.8) is 0 Å². The largest absolute Gasteiger partial charge is 0.368 e. The highest BCUT2D eigenvalue weighted by Crippen LogP contribution is 2.21. The summed E-state index contributed by atoms with van der Waals surface area (Å²) in [5.74, 6) is 1.09. The Kier molecular flexibility index (Phi) is 3.61. The summed E-state index contributed by atoms with van der Waals surface area (Å²) in [4.78, 5) is 12.6. The minimum absolute atomic E-state index is 0.265. The van der Waals surface area contributed by atoms with Gasteiger partial charge in [-0.25, -0.2) is 0 Å². The van der Waals surface area contributed by atoms with Crippen LogP contribution in [-0.4, -0.2) is 59.3 Å². The van der Waals surface area contributed by atoms with Gasteiger partial charge in [-0.15, -0.1) is 0 Å². The number of H-pyrrole nitrogens is 1. The zero-order chi connectivity index (χ0) is 13.1. The van der Waals surface area contributed by atoms with Gasteiger partial charge in [0.1, 0.15) is 5.82 Å². The Morgan fingerprint density at radius 2 is 2.00 bits per heavy atom. The highest BCUT2D eigenvalue weighted by atomic mass is 15.2. The summed E-state index contributed by atoms with van der Waals surface area (Å²) in [6.07, 6.45) is 2.79. The predicted octanol–water partition coefficient (Wildman–Crippen LogP) is 0.323. The van der Waals surface area contributed by atoms with Gasteiger partial charge >= 0.3 is 0 Å². The molecule has 0 fully saturated rings. The van der Waals surface area contributed by atoms with Crippen LogP contribution in [0.4, 0.5) is 11.8 Å². The van der Waals surface area contributed by atoms with Crippen LogP contribution in [0.3, 0.4) is 0 Å². The number of aromatic nitrogens is 4. The maximum atomic E-state index is 5.69. The van der Waals surface area contributed by atoms with E-state index >= 15 is 0 Å². The number of hydrogen-bond acceptors (Lipinski definition) is 6. The molecule has 2 heterocycles. The number of aromatic amines is 1. The lowest BCUT2D eigenvalue weighted by molar-refractivity contribution is 0.401. The molecule has 2 rings (SSSR count). The van der Waals surface area contributed by atoms with Gasteiger partial charge in [0, 0.05) is 13.6 Å². The van der Waals surface area contributed by atoms with Gasteiger partial charge in [-0.1, -0.05) is 0 Å². The number of nitrogen functional groups attached to an aromatic ring is 1. The van der Waals surface area contributed by atoms with Crippen LogP contribution >= 0.6 is 0 Å². The molecule has 0 atom stereocenters. The molecule has 2 aromatic heterocycles. The molecular formula is C11H19N7. The Bertz CT molecular complexity index is 519. The number of nitrogens with one attached hydrogen (secondary N) is 1. The van der Waals surface area contributed by atoms with E-state index < -0.39 is 0 Å². The molecule has 0 bridgehead atoms. The smallest absolute Gasteiger partial charge is 0.224 e. The first kappa shape index (κ1) is 12.6.